The lowest BCUT2D eigenvalue weighted by Crippen LogP contribution is -2.51. The fourth-order valence-electron chi connectivity index (χ4n) is 20.0. The van der Waals surface area contributed by atoms with Crippen LogP contribution in [0.4, 0.5) is 8.78 Å². The van der Waals surface area contributed by atoms with Gasteiger partial charge in [-0.15, -0.1) is 0 Å². The van der Waals surface area contributed by atoms with E-state index in [1.54, 1.807) is 0 Å². The molecular formula is C87H97F2NO. The number of halogens is 2. The van der Waals surface area contributed by atoms with Crippen molar-refractivity contribution in [2.75, 3.05) is 0 Å². The second-order valence-corrected chi connectivity index (χ2v) is 29.6. The Balaban J connectivity index is 0.954. The van der Waals surface area contributed by atoms with E-state index in [1.807, 2.05) is 6.08 Å². The minimum atomic E-state index is -1.07. The summed E-state index contributed by atoms with van der Waals surface area (Å²) in [6.07, 6.45) is 57.1. The molecule has 5 aromatic rings. The number of benzene rings is 5. The molecule has 14 unspecified atom stereocenters. The first-order valence-corrected chi connectivity index (χ1v) is 36.2. The van der Waals surface area contributed by atoms with Crippen molar-refractivity contribution < 1.29 is 13.5 Å². The molecule has 1 N–H and O–H groups in total. The van der Waals surface area contributed by atoms with Crippen molar-refractivity contribution >= 4 is 10.8 Å². The van der Waals surface area contributed by atoms with E-state index >= 15 is 8.78 Å². The molecule has 1 spiro atoms. The molecule has 4 heteroatoms. The van der Waals surface area contributed by atoms with Crippen molar-refractivity contribution in [2.24, 2.45) is 59.2 Å². The third kappa shape index (κ3) is 11.9. The molecule has 10 aliphatic rings. The lowest BCUT2D eigenvalue weighted by molar-refractivity contribution is 0.150. The number of allylic oxidation sites excluding steroid dienone is 17. The average Bonchev–Trinajstić information content (AvgIpc) is 1.50. The van der Waals surface area contributed by atoms with Crippen molar-refractivity contribution in [3.05, 3.63) is 262 Å². The van der Waals surface area contributed by atoms with Gasteiger partial charge < -0.3 is 10.1 Å². The third-order valence-corrected chi connectivity index (χ3v) is 24.1. The Bertz CT molecular complexity index is 3710. The van der Waals surface area contributed by atoms with Crippen molar-refractivity contribution in [3.8, 4) is 11.5 Å². The average molecular weight is 1210 g/mol. The molecule has 0 heterocycles. The molecule has 2 nitrogen and oxygen atoms in total. The van der Waals surface area contributed by atoms with Gasteiger partial charge in [-0.3, -0.25) is 0 Å². The minimum absolute atomic E-state index is 0.0113. The van der Waals surface area contributed by atoms with Gasteiger partial charge in [0, 0.05) is 29.2 Å². The smallest absolute Gasteiger partial charge is 0.135 e. The van der Waals surface area contributed by atoms with Crippen LogP contribution >= 0.6 is 0 Å². The largest absolute Gasteiger partial charge is 0.457 e. The van der Waals surface area contributed by atoms with Gasteiger partial charge in [0.1, 0.15) is 23.5 Å². The van der Waals surface area contributed by atoms with Crippen molar-refractivity contribution in [1.82, 2.24) is 5.32 Å². The zero-order chi connectivity index (χ0) is 61.4. The number of rotatable bonds is 18. The Kier molecular flexibility index (Phi) is 17.8. The highest BCUT2D eigenvalue weighted by atomic mass is 19.1. The molecule has 15 rings (SSSR count). The number of hydrogen-bond donors (Lipinski definition) is 1. The van der Waals surface area contributed by atoms with Crippen LogP contribution < -0.4 is 10.1 Å². The van der Waals surface area contributed by atoms with Crippen LogP contribution in [0.3, 0.4) is 0 Å². The maximum Gasteiger partial charge on any atom is 0.135 e. The van der Waals surface area contributed by atoms with E-state index in [4.69, 9.17) is 10.1 Å². The third-order valence-electron chi connectivity index (χ3n) is 24.1. The molecule has 14 atom stereocenters. The predicted molar refractivity (Wildman–Crippen MR) is 374 cm³/mol. The molecule has 0 radical (unpaired) electrons. The lowest BCUT2D eigenvalue weighted by Gasteiger charge is -2.48. The molecule has 0 aromatic heterocycles. The number of hydrogen-bond acceptors (Lipinski definition) is 2. The highest BCUT2D eigenvalue weighted by molar-refractivity contribution is 6.00. The Labute approximate surface area is 543 Å². The highest BCUT2D eigenvalue weighted by Crippen LogP contribution is 2.70. The topological polar surface area (TPSA) is 21.3 Å². The van der Waals surface area contributed by atoms with E-state index in [2.05, 4.69) is 214 Å². The summed E-state index contributed by atoms with van der Waals surface area (Å²) in [6, 6.07) is 42.7. The summed E-state index contributed by atoms with van der Waals surface area (Å²) in [5, 5.41) is 7.25. The standard InChI is InChI=1S/C87H97F2NO/c1-57(2)58-46-48-69(49-47-58)91-78-51-50-71-83-70(78)44-27-45-76(83)87(56-77(87)84-72(79(59-28-11-3-12-29-59)60-30-13-4-14-31-60)52-67(88)53-73(84)80(61-32-15-5-16-33-61)62-34-17-6-18-35-62)86(71)90-85-74(81(63-36-19-7-20-37-63)64-38-21-8-22-39-64)54-68(89)55-75(85)82(65-40-23-9-24-41-65)66-42-25-10-26-43-66/h3,7,11-13,15,17,19-20,23,25,27-30,32,34,36-37,40-42,44-53,55-57,60-62,64,66,68,73-74,79-82,84-86,90H,4-6,8-10,14,16,18,21-22,24,26,31,33,35,38-39,43,54H2,1-2H3. The SMILES string of the molecule is CC(C)c1ccc(Oc2ccc3c4c(cccc24)C2(C=C2C2C(C(c4ccccc4)C4C=CCCC4)=CC(F)=CC2C(C2C=CCCC2)C2C=CCCC2)C3NC2C(C(C3=CCCC=C3)C3C=CCCC3)=CC(F)CC2C(c2ccccc2)C2CCCCC2)cc1. The van der Waals surface area contributed by atoms with Crippen LogP contribution in [0.25, 0.3) is 10.8 Å². The Morgan fingerprint density at radius 1 is 0.571 bits per heavy atom. The predicted octanol–water partition coefficient (Wildman–Crippen LogP) is 23.3. The molecule has 0 saturated heterocycles. The van der Waals surface area contributed by atoms with Crippen LogP contribution in [0, 0.1) is 59.2 Å². The second-order valence-electron chi connectivity index (χ2n) is 29.6. The van der Waals surface area contributed by atoms with Gasteiger partial charge in [0.05, 0.1) is 11.5 Å². The first-order valence-electron chi connectivity index (χ1n) is 36.2. The maximum absolute atomic E-state index is 18.1. The zero-order valence-corrected chi connectivity index (χ0v) is 54.2. The Morgan fingerprint density at radius 3 is 1.85 bits per heavy atom. The summed E-state index contributed by atoms with van der Waals surface area (Å²) >= 11 is 0. The molecule has 470 valence electrons. The maximum atomic E-state index is 18.1. The van der Waals surface area contributed by atoms with E-state index in [-0.39, 0.29) is 71.2 Å². The van der Waals surface area contributed by atoms with Gasteiger partial charge in [-0.1, -0.05) is 209 Å². The number of alkyl halides is 1. The van der Waals surface area contributed by atoms with E-state index < -0.39 is 11.6 Å². The fourth-order valence-corrected chi connectivity index (χ4v) is 20.0. The lowest BCUT2D eigenvalue weighted by atomic mass is 9.58. The summed E-state index contributed by atoms with van der Waals surface area (Å²) in [5.41, 5.74) is 11.3. The van der Waals surface area contributed by atoms with Crippen LogP contribution in [-0.2, 0) is 5.41 Å². The molecule has 1 fully saturated rings. The molecule has 10 aliphatic carbocycles. The molecular weight excluding hydrogens is 1110 g/mol. The van der Waals surface area contributed by atoms with Crippen molar-refractivity contribution in [2.45, 2.75) is 184 Å². The van der Waals surface area contributed by atoms with Gasteiger partial charge in [0.25, 0.3) is 0 Å². The molecule has 0 bridgehead atoms. The molecule has 5 aromatic carbocycles. The molecule has 1 saturated carbocycles. The van der Waals surface area contributed by atoms with Gasteiger partial charge in [0.2, 0.25) is 0 Å². The summed E-state index contributed by atoms with van der Waals surface area (Å²) < 4.78 is 43.2. The molecule has 0 amide bonds. The first-order chi connectivity index (χ1) is 44.8. The van der Waals surface area contributed by atoms with Gasteiger partial charge in [-0.2, -0.15) is 0 Å². The van der Waals surface area contributed by atoms with Crippen molar-refractivity contribution in [3.63, 3.8) is 0 Å². The number of fused-ring (bicyclic) bond motifs is 1. The van der Waals surface area contributed by atoms with E-state index in [0.29, 0.717) is 30.1 Å². The van der Waals surface area contributed by atoms with Crippen LogP contribution in [0.15, 0.2) is 235 Å². The summed E-state index contributed by atoms with van der Waals surface area (Å²) in [6.45, 7) is 4.49. The number of nitrogens with one attached hydrogen (secondary N) is 1. The normalized spacial score (nSPS) is 30.9. The van der Waals surface area contributed by atoms with E-state index in [9.17, 15) is 0 Å². The van der Waals surface area contributed by atoms with Crippen LogP contribution in [0.1, 0.15) is 194 Å². The van der Waals surface area contributed by atoms with E-state index in [1.165, 1.54) is 87.6 Å². The van der Waals surface area contributed by atoms with Gasteiger partial charge in [-0.05, 0) is 255 Å². The van der Waals surface area contributed by atoms with Crippen molar-refractivity contribution in [1.29, 1.82) is 0 Å². The molecule has 91 heavy (non-hydrogen) atoms. The zero-order valence-electron chi connectivity index (χ0n) is 54.2. The quantitative estimate of drug-likeness (QED) is 0.0883. The van der Waals surface area contributed by atoms with Gasteiger partial charge in [-0.25, -0.2) is 8.78 Å². The van der Waals surface area contributed by atoms with Crippen LogP contribution in [0.2, 0.25) is 0 Å². The van der Waals surface area contributed by atoms with Gasteiger partial charge >= 0.3 is 0 Å². The monoisotopic (exact) mass is 1210 g/mol. The molecule has 0 aliphatic heterocycles. The van der Waals surface area contributed by atoms with Crippen LogP contribution in [0.5, 0.6) is 11.5 Å². The van der Waals surface area contributed by atoms with Gasteiger partial charge in [0.15, 0.2) is 0 Å². The highest BCUT2D eigenvalue weighted by Gasteiger charge is 2.63. The first kappa shape index (κ1) is 60.6. The summed E-state index contributed by atoms with van der Waals surface area (Å²) in [4.78, 5) is 0. The second kappa shape index (κ2) is 26.8. The fraction of sp³-hybridized carbons (Fsp3) is 0.448. The van der Waals surface area contributed by atoms with Crippen LogP contribution in [-0.4, -0.2) is 12.2 Å². The Hall–Kier alpha value is -6.62. The minimum Gasteiger partial charge on any atom is -0.457 e. The number of ether oxygens (including phenoxy) is 1. The summed E-state index contributed by atoms with van der Waals surface area (Å²) in [7, 11) is 0. The van der Waals surface area contributed by atoms with E-state index in [0.717, 1.165) is 107 Å². The Morgan fingerprint density at radius 2 is 1.22 bits per heavy atom. The summed E-state index contributed by atoms with van der Waals surface area (Å²) in [5.74, 6) is 3.84.